The Balaban J connectivity index is 0. The lowest BCUT2D eigenvalue weighted by Gasteiger charge is -1.72. The first-order chi connectivity index (χ1) is 6.54. The van der Waals surface area contributed by atoms with E-state index in [0.717, 1.165) is 6.08 Å². The lowest BCUT2D eigenvalue weighted by Crippen LogP contribution is -1.83. The van der Waals surface area contributed by atoms with E-state index in [9.17, 15) is 4.79 Å². The van der Waals surface area contributed by atoms with Crippen LogP contribution in [0, 0.1) is 11.3 Å². The molecule has 0 atom stereocenters. The lowest BCUT2D eigenvalue weighted by atomic mass is 10.4. The molecule has 0 saturated carbocycles. The monoisotopic (exact) mass is 191 g/mol. The van der Waals surface area contributed by atoms with Gasteiger partial charge in [0.2, 0.25) is 0 Å². The topological polar surface area (TPSA) is 61.1 Å². The number of nitriles is 1. The van der Waals surface area contributed by atoms with Crippen molar-refractivity contribution in [1.29, 1.82) is 5.26 Å². The molecular formula is C11H13NO2. The first-order valence-electron chi connectivity index (χ1n) is 3.79. The van der Waals surface area contributed by atoms with Gasteiger partial charge in [0.25, 0.3) is 0 Å². The van der Waals surface area contributed by atoms with Gasteiger partial charge in [-0.1, -0.05) is 37.5 Å². The van der Waals surface area contributed by atoms with Crippen molar-refractivity contribution in [2.24, 2.45) is 0 Å². The summed E-state index contributed by atoms with van der Waals surface area (Å²) in [6.07, 6.45) is 7.32. The predicted octanol–water partition coefficient (Wildman–Crippen LogP) is 2.46. The third-order valence-electron chi connectivity index (χ3n) is 0.788. The van der Waals surface area contributed by atoms with Crippen molar-refractivity contribution in [2.75, 3.05) is 0 Å². The molecule has 0 fully saturated rings. The van der Waals surface area contributed by atoms with Crippen LogP contribution in [-0.4, -0.2) is 11.1 Å². The summed E-state index contributed by atoms with van der Waals surface area (Å²) in [6, 6.07) is 1.83. The van der Waals surface area contributed by atoms with E-state index in [2.05, 4.69) is 13.2 Å². The number of carboxylic acid groups (broad SMARTS) is 1. The van der Waals surface area contributed by atoms with E-state index < -0.39 is 5.97 Å². The quantitative estimate of drug-likeness (QED) is 0.423. The van der Waals surface area contributed by atoms with Crippen LogP contribution in [0.3, 0.4) is 0 Å². The van der Waals surface area contributed by atoms with Crippen LogP contribution < -0.4 is 0 Å². The standard InChI is InChI=1S/C7H8O2.C4H5N/c1-2-3-4-5-6-7(8)9;1-4(2)3-5/h2-6H,1H2,(H,8,9);1H2,2H3. The van der Waals surface area contributed by atoms with Crippen LogP contribution >= 0.6 is 0 Å². The minimum absolute atomic E-state index is 0.560. The summed E-state index contributed by atoms with van der Waals surface area (Å²) >= 11 is 0. The maximum atomic E-state index is 9.82. The molecule has 3 nitrogen and oxygen atoms in total. The summed E-state index contributed by atoms with van der Waals surface area (Å²) in [5.74, 6) is -0.941. The lowest BCUT2D eigenvalue weighted by molar-refractivity contribution is -0.131. The Morgan fingerprint density at radius 2 is 1.93 bits per heavy atom. The minimum Gasteiger partial charge on any atom is -0.478 e. The maximum absolute atomic E-state index is 9.82. The average molecular weight is 191 g/mol. The first kappa shape index (κ1) is 14.4. The highest BCUT2D eigenvalue weighted by atomic mass is 16.4. The van der Waals surface area contributed by atoms with Gasteiger partial charge >= 0.3 is 5.97 Å². The molecule has 0 unspecified atom stereocenters. The van der Waals surface area contributed by atoms with Crippen LogP contribution in [0.4, 0.5) is 0 Å². The van der Waals surface area contributed by atoms with Gasteiger partial charge in [0.15, 0.2) is 0 Å². The Morgan fingerprint density at radius 1 is 1.43 bits per heavy atom. The number of nitrogens with zero attached hydrogens (tertiary/aromatic N) is 1. The van der Waals surface area contributed by atoms with Crippen molar-refractivity contribution in [1.82, 2.24) is 0 Å². The van der Waals surface area contributed by atoms with E-state index >= 15 is 0 Å². The van der Waals surface area contributed by atoms with Crippen LogP contribution in [0.5, 0.6) is 0 Å². The number of rotatable bonds is 3. The molecule has 0 aromatic carbocycles. The fourth-order valence-corrected chi connectivity index (χ4v) is 0.281. The largest absolute Gasteiger partial charge is 0.478 e. The van der Waals surface area contributed by atoms with Gasteiger partial charge in [-0.25, -0.2) is 4.79 Å². The third-order valence-corrected chi connectivity index (χ3v) is 0.788. The molecule has 0 aromatic rings. The molecule has 0 aliphatic rings. The Hall–Kier alpha value is -2.08. The van der Waals surface area contributed by atoms with E-state index in [0.29, 0.717) is 5.57 Å². The Kier molecular flexibility index (Phi) is 11.3. The van der Waals surface area contributed by atoms with E-state index in [4.69, 9.17) is 10.4 Å². The number of carboxylic acids is 1. The molecule has 0 radical (unpaired) electrons. The van der Waals surface area contributed by atoms with Gasteiger partial charge in [-0.2, -0.15) is 5.26 Å². The molecule has 1 N–H and O–H groups in total. The number of hydrogen-bond acceptors (Lipinski definition) is 2. The molecule has 0 saturated heterocycles. The van der Waals surface area contributed by atoms with E-state index in [-0.39, 0.29) is 0 Å². The molecule has 0 aromatic heterocycles. The molecular weight excluding hydrogens is 178 g/mol. The molecule has 74 valence electrons. The van der Waals surface area contributed by atoms with Crippen molar-refractivity contribution in [3.05, 3.63) is 49.1 Å². The molecule has 0 aliphatic heterocycles. The summed E-state index contributed by atoms with van der Waals surface area (Å²) in [4.78, 5) is 9.82. The Morgan fingerprint density at radius 3 is 2.21 bits per heavy atom. The SMILES string of the molecule is C=C(C)C#N.C=CC=CC=CC(=O)O. The van der Waals surface area contributed by atoms with E-state index in [1.54, 1.807) is 25.2 Å². The minimum atomic E-state index is -0.941. The summed E-state index contributed by atoms with van der Waals surface area (Å²) in [7, 11) is 0. The Bertz CT molecular complexity index is 293. The average Bonchev–Trinajstić information content (AvgIpc) is 2.13. The van der Waals surface area contributed by atoms with Crippen LogP contribution in [0.2, 0.25) is 0 Å². The van der Waals surface area contributed by atoms with Crippen molar-refractivity contribution >= 4 is 5.97 Å². The smallest absolute Gasteiger partial charge is 0.328 e. The molecule has 3 heteroatoms. The van der Waals surface area contributed by atoms with Crippen molar-refractivity contribution in [3.63, 3.8) is 0 Å². The number of hydrogen-bond donors (Lipinski definition) is 1. The molecule has 0 heterocycles. The van der Waals surface area contributed by atoms with Crippen molar-refractivity contribution in [3.8, 4) is 6.07 Å². The van der Waals surface area contributed by atoms with E-state index in [1.807, 2.05) is 6.07 Å². The molecule has 0 spiro atoms. The molecule has 0 aliphatic carbocycles. The van der Waals surface area contributed by atoms with Gasteiger partial charge in [-0.05, 0) is 6.92 Å². The normalized spacial score (nSPS) is 8.86. The van der Waals surface area contributed by atoms with Gasteiger partial charge in [0.05, 0.1) is 6.07 Å². The van der Waals surface area contributed by atoms with Gasteiger partial charge in [0.1, 0.15) is 0 Å². The third kappa shape index (κ3) is 22.5. The highest BCUT2D eigenvalue weighted by Gasteiger charge is 1.78. The number of allylic oxidation sites excluding steroid dienone is 5. The summed E-state index contributed by atoms with van der Waals surface area (Å²) in [6.45, 7) is 8.39. The zero-order chi connectivity index (χ0) is 11.4. The summed E-state index contributed by atoms with van der Waals surface area (Å²) < 4.78 is 0. The highest BCUT2D eigenvalue weighted by molar-refractivity contribution is 5.80. The second-order valence-electron chi connectivity index (χ2n) is 2.21. The first-order valence-corrected chi connectivity index (χ1v) is 3.79. The van der Waals surface area contributed by atoms with Crippen LogP contribution in [-0.2, 0) is 4.79 Å². The zero-order valence-corrected chi connectivity index (χ0v) is 8.10. The van der Waals surface area contributed by atoms with E-state index in [1.165, 1.54) is 6.08 Å². The number of aliphatic carboxylic acids is 1. The van der Waals surface area contributed by atoms with Crippen molar-refractivity contribution in [2.45, 2.75) is 6.92 Å². The van der Waals surface area contributed by atoms with Gasteiger partial charge in [0, 0.05) is 11.6 Å². The maximum Gasteiger partial charge on any atom is 0.328 e. The molecule has 0 amide bonds. The zero-order valence-electron chi connectivity index (χ0n) is 8.10. The molecule has 0 rings (SSSR count). The summed E-state index contributed by atoms with van der Waals surface area (Å²) in [5.41, 5.74) is 0.560. The second-order valence-corrected chi connectivity index (χ2v) is 2.21. The fraction of sp³-hybridized carbons (Fsp3) is 0.0909. The van der Waals surface area contributed by atoms with Crippen molar-refractivity contribution < 1.29 is 9.90 Å². The van der Waals surface area contributed by atoms with Crippen LogP contribution in [0.1, 0.15) is 6.92 Å². The molecule has 0 bridgehead atoms. The van der Waals surface area contributed by atoms with Gasteiger partial charge in [-0.3, -0.25) is 0 Å². The van der Waals surface area contributed by atoms with Gasteiger partial charge < -0.3 is 5.11 Å². The van der Waals surface area contributed by atoms with Gasteiger partial charge in [-0.15, -0.1) is 0 Å². The Labute approximate surface area is 84.0 Å². The number of carbonyl (C=O) groups is 1. The van der Waals surface area contributed by atoms with Crippen LogP contribution in [0.25, 0.3) is 0 Å². The molecule has 14 heavy (non-hydrogen) atoms. The second kappa shape index (κ2) is 10.9. The fourth-order valence-electron chi connectivity index (χ4n) is 0.281. The highest BCUT2D eigenvalue weighted by Crippen LogP contribution is 1.76. The predicted molar refractivity (Wildman–Crippen MR) is 56.5 cm³/mol. The van der Waals surface area contributed by atoms with Crippen LogP contribution in [0.15, 0.2) is 49.1 Å². The summed E-state index contributed by atoms with van der Waals surface area (Å²) in [5, 5.41) is 15.9.